The lowest BCUT2D eigenvalue weighted by molar-refractivity contribution is 0.0737. The van der Waals surface area contributed by atoms with Crippen molar-refractivity contribution in [2.75, 3.05) is 26.2 Å². The van der Waals surface area contributed by atoms with Crippen molar-refractivity contribution in [2.45, 2.75) is 45.6 Å². The maximum absolute atomic E-state index is 12.8. The lowest BCUT2D eigenvalue weighted by atomic mass is 9.94. The largest absolute Gasteiger partial charge is 0.337 e. The van der Waals surface area contributed by atoms with Gasteiger partial charge in [-0.2, -0.15) is 0 Å². The van der Waals surface area contributed by atoms with Gasteiger partial charge in [-0.25, -0.2) is 0 Å². The molecule has 3 heteroatoms. The van der Waals surface area contributed by atoms with Crippen molar-refractivity contribution in [3.05, 3.63) is 35.4 Å². The fourth-order valence-electron chi connectivity index (χ4n) is 4.20. The van der Waals surface area contributed by atoms with Crippen LogP contribution >= 0.6 is 0 Å². The third-order valence-electron chi connectivity index (χ3n) is 5.32. The van der Waals surface area contributed by atoms with E-state index in [1.165, 1.54) is 19.4 Å². The molecule has 0 aliphatic carbocycles. The molecule has 0 aromatic heterocycles. The van der Waals surface area contributed by atoms with E-state index in [0.29, 0.717) is 5.92 Å². The van der Waals surface area contributed by atoms with Crippen molar-refractivity contribution in [2.24, 2.45) is 5.92 Å². The van der Waals surface area contributed by atoms with E-state index in [-0.39, 0.29) is 11.4 Å². The zero-order valence-corrected chi connectivity index (χ0v) is 14.1. The van der Waals surface area contributed by atoms with Crippen LogP contribution in [0.25, 0.3) is 0 Å². The fourth-order valence-corrected chi connectivity index (χ4v) is 4.20. The van der Waals surface area contributed by atoms with Crippen molar-refractivity contribution >= 4 is 5.91 Å². The Balaban J connectivity index is 1.74. The predicted molar refractivity (Wildman–Crippen MR) is 90.1 cm³/mol. The Bertz CT molecular complexity index is 554. The molecular weight excluding hydrogens is 272 g/mol. The first-order chi connectivity index (χ1) is 10.5. The van der Waals surface area contributed by atoms with Gasteiger partial charge in [0, 0.05) is 30.7 Å². The molecule has 1 amide bonds. The predicted octanol–water partition coefficient (Wildman–Crippen LogP) is 3.33. The van der Waals surface area contributed by atoms with Crippen molar-refractivity contribution in [3.8, 4) is 0 Å². The Morgan fingerprint density at radius 1 is 1.23 bits per heavy atom. The van der Waals surface area contributed by atoms with Crippen molar-refractivity contribution in [3.63, 3.8) is 0 Å². The number of benzene rings is 1. The molecule has 1 aromatic rings. The van der Waals surface area contributed by atoms with Gasteiger partial charge in [0.2, 0.25) is 0 Å². The molecule has 120 valence electrons. The Morgan fingerprint density at radius 2 is 2.00 bits per heavy atom. The summed E-state index contributed by atoms with van der Waals surface area (Å²) in [6.07, 6.45) is 3.66. The first kappa shape index (κ1) is 15.5. The number of carbonyl (C=O) groups is 1. The van der Waals surface area contributed by atoms with E-state index in [2.05, 4.69) is 23.6 Å². The summed E-state index contributed by atoms with van der Waals surface area (Å²) in [5.41, 5.74) is 2.20. The van der Waals surface area contributed by atoms with Gasteiger partial charge < -0.3 is 4.90 Å². The second-order valence-electron chi connectivity index (χ2n) is 7.46. The van der Waals surface area contributed by atoms with Gasteiger partial charge in [-0.15, -0.1) is 0 Å². The molecule has 1 aromatic carbocycles. The van der Waals surface area contributed by atoms with Crippen molar-refractivity contribution in [1.29, 1.82) is 0 Å². The highest BCUT2D eigenvalue weighted by Crippen LogP contribution is 2.38. The average Bonchev–Trinajstić information content (AvgIpc) is 3.07. The number of aryl methyl sites for hydroxylation is 1. The number of nitrogens with zero attached hydrogens (tertiary/aromatic N) is 2. The number of likely N-dealkylation sites (tertiary alicyclic amines) is 2. The maximum atomic E-state index is 12.8. The lowest BCUT2D eigenvalue weighted by Gasteiger charge is -2.36. The molecule has 1 atom stereocenters. The average molecular weight is 300 g/mol. The van der Waals surface area contributed by atoms with Gasteiger partial charge in [-0.1, -0.05) is 32.0 Å². The van der Waals surface area contributed by atoms with Gasteiger partial charge >= 0.3 is 0 Å². The first-order valence-electron chi connectivity index (χ1n) is 8.62. The SMILES string of the molecule is Cc1ccccc1C(=O)N1CC[C@]2(CCCN2CC(C)C)C1. The minimum atomic E-state index is 0.214. The summed E-state index contributed by atoms with van der Waals surface area (Å²) in [5.74, 6) is 0.905. The second kappa shape index (κ2) is 6.04. The summed E-state index contributed by atoms with van der Waals surface area (Å²) in [7, 11) is 0. The number of carbonyl (C=O) groups excluding carboxylic acids is 1. The summed E-state index contributed by atoms with van der Waals surface area (Å²) in [4.78, 5) is 17.6. The van der Waals surface area contributed by atoms with Crippen LogP contribution in [-0.4, -0.2) is 47.4 Å². The molecule has 1 spiro atoms. The van der Waals surface area contributed by atoms with Gasteiger partial charge in [-0.3, -0.25) is 9.69 Å². The van der Waals surface area contributed by atoms with Gasteiger partial charge in [-0.05, 0) is 50.3 Å². The monoisotopic (exact) mass is 300 g/mol. The van der Waals surface area contributed by atoms with Crippen LogP contribution in [0, 0.1) is 12.8 Å². The van der Waals surface area contributed by atoms with Crippen LogP contribution in [0.2, 0.25) is 0 Å². The van der Waals surface area contributed by atoms with E-state index in [1.807, 2.05) is 31.2 Å². The van der Waals surface area contributed by atoms with Crippen LogP contribution in [0.5, 0.6) is 0 Å². The topological polar surface area (TPSA) is 23.6 Å². The van der Waals surface area contributed by atoms with Crippen LogP contribution in [0.3, 0.4) is 0 Å². The molecule has 2 aliphatic rings. The van der Waals surface area contributed by atoms with Crippen LogP contribution in [0.4, 0.5) is 0 Å². The summed E-state index contributed by atoms with van der Waals surface area (Å²) < 4.78 is 0. The number of amides is 1. The van der Waals surface area contributed by atoms with Crippen molar-refractivity contribution < 1.29 is 4.79 Å². The molecule has 0 radical (unpaired) electrons. The highest BCUT2D eigenvalue weighted by molar-refractivity contribution is 5.95. The minimum Gasteiger partial charge on any atom is -0.337 e. The number of rotatable bonds is 3. The molecular formula is C19H28N2O. The van der Waals surface area contributed by atoms with Gasteiger partial charge in [0.25, 0.3) is 5.91 Å². The molecule has 0 unspecified atom stereocenters. The number of hydrogen-bond donors (Lipinski definition) is 0. The molecule has 2 saturated heterocycles. The smallest absolute Gasteiger partial charge is 0.254 e. The molecule has 0 N–H and O–H groups in total. The third-order valence-corrected chi connectivity index (χ3v) is 5.32. The normalized spacial score (nSPS) is 25.5. The minimum absolute atomic E-state index is 0.214. The van der Waals surface area contributed by atoms with E-state index in [1.54, 1.807) is 0 Å². The molecule has 2 fully saturated rings. The van der Waals surface area contributed by atoms with E-state index in [4.69, 9.17) is 0 Å². The zero-order chi connectivity index (χ0) is 15.7. The molecule has 3 nitrogen and oxygen atoms in total. The Kier molecular flexibility index (Phi) is 4.26. The maximum Gasteiger partial charge on any atom is 0.254 e. The van der Waals surface area contributed by atoms with Crippen LogP contribution < -0.4 is 0 Å². The molecule has 22 heavy (non-hydrogen) atoms. The standard InChI is InChI=1S/C19H28N2O/c1-15(2)13-21-11-6-9-19(21)10-12-20(14-19)18(22)17-8-5-4-7-16(17)3/h4-5,7-8,15H,6,9-14H2,1-3H3/t19-/m1/s1. The molecule has 2 aliphatic heterocycles. The second-order valence-corrected chi connectivity index (χ2v) is 7.46. The molecule has 0 saturated carbocycles. The van der Waals surface area contributed by atoms with E-state index < -0.39 is 0 Å². The molecule has 0 bridgehead atoms. The van der Waals surface area contributed by atoms with Gasteiger partial charge in [0.05, 0.1) is 0 Å². The molecule has 2 heterocycles. The lowest BCUT2D eigenvalue weighted by Crippen LogP contribution is -2.48. The van der Waals surface area contributed by atoms with Crippen LogP contribution in [-0.2, 0) is 0 Å². The van der Waals surface area contributed by atoms with Gasteiger partial charge in [0.15, 0.2) is 0 Å². The van der Waals surface area contributed by atoms with Gasteiger partial charge in [0.1, 0.15) is 0 Å². The Hall–Kier alpha value is -1.35. The quantitative estimate of drug-likeness (QED) is 0.855. The van der Waals surface area contributed by atoms with Crippen LogP contribution in [0.15, 0.2) is 24.3 Å². The molecule has 3 rings (SSSR count). The Labute approximate surface area is 134 Å². The number of hydrogen-bond acceptors (Lipinski definition) is 2. The highest BCUT2D eigenvalue weighted by Gasteiger charge is 2.47. The van der Waals surface area contributed by atoms with Crippen LogP contribution in [0.1, 0.15) is 49.0 Å². The summed E-state index contributed by atoms with van der Waals surface area (Å²) in [5, 5.41) is 0. The third kappa shape index (κ3) is 2.79. The summed E-state index contributed by atoms with van der Waals surface area (Å²) in [6, 6.07) is 7.95. The first-order valence-corrected chi connectivity index (χ1v) is 8.62. The van der Waals surface area contributed by atoms with Crippen molar-refractivity contribution in [1.82, 2.24) is 9.80 Å². The van der Waals surface area contributed by atoms with E-state index in [9.17, 15) is 4.79 Å². The van der Waals surface area contributed by atoms with E-state index >= 15 is 0 Å². The summed E-state index contributed by atoms with van der Waals surface area (Å²) >= 11 is 0. The zero-order valence-electron chi connectivity index (χ0n) is 14.1. The summed E-state index contributed by atoms with van der Waals surface area (Å²) in [6.45, 7) is 10.8. The highest BCUT2D eigenvalue weighted by atomic mass is 16.2. The van der Waals surface area contributed by atoms with E-state index in [0.717, 1.165) is 37.2 Å². The Morgan fingerprint density at radius 3 is 2.73 bits per heavy atom. The fraction of sp³-hybridized carbons (Fsp3) is 0.632.